The van der Waals surface area contributed by atoms with E-state index in [2.05, 4.69) is 10.1 Å². The maximum Gasteiger partial charge on any atom is 0.347 e. The predicted molar refractivity (Wildman–Crippen MR) is 128 cm³/mol. The zero-order chi connectivity index (χ0) is 23.2. The Morgan fingerprint density at radius 2 is 1.73 bits per heavy atom. The molecule has 1 atom stereocenters. The number of rotatable bonds is 7. The van der Waals surface area contributed by atoms with Crippen LogP contribution < -0.4 is 10.3 Å². The van der Waals surface area contributed by atoms with Crippen LogP contribution in [0.4, 0.5) is 0 Å². The molecule has 0 N–H and O–H groups in total. The molecular formula is C26H23N3O4. The smallest absolute Gasteiger partial charge is 0.347 e. The maximum atomic E-state index is 13.3. The van der Waals surface area contributed by atoms with E-state index in [1.807, 2.05) is 42.5 Å². The van der Waals surface area contributed by atoms with E-state index in [0.717, 1.165) is 5.56 Å². The van der Waals surface area contributed by atoms with Crippen molar-refractivity contribution in [3.05, 3.63) is 94.8 Å². The van der Waals surface area contributed by atoms with Crippen LogP contribution in [0.3, 0.4) is 0 Å². The first kappa shape index (κ1) is 22.0. The lowest BCUT2D eigenvalue weighted by molar-refractivity contribution is -0.150. The average molecular weight is 441 g/mol. The van der Waals surface area contributed by atoms with Crippen molar-refractivity contribution in [3.8, 4) is 17.1 Å². The zero-order valence-corrected chi connectivity index (χ0v) is 18.3. The first-order chi connectivity index (χ1) is 16.1. The molecule has 166 valence electrons. The van der Waals surface area contributed by atoms with Crippen LogP contribution in [0.15, 0.2) is 88.8 Å². The Bertz CT molecular complexity index is 1360. The molecule has 7 heteroatoms. The molecule has 4 aromatic rings. The van der Waals surface area contributed by atoms with Gasteiger partial charge in [-0.1, -0.05) is 54.6 Å². The lowest BCUT2D eigenvalue weighted by atomic mass is 10.2. The van der Waals surface area contributed by atoms with Crippen LogP contribution in [0.2, 0.25) is 0 Å². The van der Waals surface area contributed by atoms with Crippen molar-refractivity contribution in [2.24, 2.45) is 5.10 Å². The van der Waals surface area contributed by atoms with Gasteiger partial charge in [-0.25, -0.2) is 9.78 Å². The minimum atomic E-state index is -0.788. The molecule has 1 heterocycles. The number of hydrogen-bond acceptors (Lipinski definition) is 6. The number of fused-ring (bicyclic) bond motifs is 1. The third-order valence-electron chi connectivity index (χ3n) is 4.94. The first-order valence-corrected chi connectivity index (χ1v) is 10.6. The number of aromatic nitrogens is 2. The van der Waals surface area contributed by atoms with Gasteiger partial charge in [0.2, 0.25) is 0 Å². The molecule has 0 aliphatic rings. The molecule has 7 nitrogen and oxygen atoms in total. The van der Waals surface area contributed by atoms with E-state index in [1.54, 1.807) is 50.2 Å². The van der Waals surface area contributed by atoms with E-state index < -0.39 is 12.1 Å². The van der Waals surface area contributed by atoms with Crippen LogP contribution >= 0.6 is 0 Å². The van der Waals surface area contributed by atoms with Crippen LogP contribution in [-0.2, 0) is 9.53 Å². The summed E-state index contributed by atoms with van der Waals surface area (Å²) in [6, 6.07) is 23.7. The summed E-state index contributed by atoms with van der Waals surface area (Å²) < 4.78 is 12.1. The van der Waals surface area contributed by atoms with Crippen molar-refractivity contribution in [3.63, 3.8) is 0 Å². The van der Waals surface area contributed by atoms with E-state index >= 15 is 0 Å². The summed E-state index contributed by atoms with van der Waals surface area (Å²) in [5.74, 6) is 0.421. The summed E-state index contributed by atoms with van der Waals surface area (Å²) in [6.45, 7) is 3.64. The summed E-state index contributed by atoms with van der Waals surface area (Å²) >= 11 is 0. The van der Waals surface area contributed by atoms with E-state index in [4.69, 9.17) is 9.47 Å². The van der Waals surface area contributed by atoms with Gasteiger partial charge < -0.3 is 9.47 Å². The molecule has 0 saturated heterocycles. The van der Waals surface area contributed by atoms with Gasteiger partial charge in [-0.3, -0.25) is 4.79 Å². The molecule has 0 fully saturated rings. The van der Waals surface area contributed by atoms with E-state index in [1.165, 1.54) is 10.9 Å². The highest BCUT2D eigenvalue weighted by atomic mass is 16.6. The number of esters is 1. The van der Waals surface area contributed by atoms with Crippen LogP contribution in [0, 0.1) is 0 Å². The first-order valence-electron chi connectivity index (χ1n) is 10.6. The Morgan fingerprint density at radius 1 is 1.03 bits per heavy atom. The Labute approximate surface area is 190 Å². The highest BCUT2D eigenvalue weighted by molar-refractivity contribution is 5.85. The number of carbonyl (C=O) groups is 1. The highest BCUT2D eigenvalue weighted by Crippen LogP contribution is 2.20. The molecule has 0 bridgehead atoms. The Balaban J connectivity index is 1.77. The minimum absolute atomic E-state index is 0.274. The quantitative estimate of drug-likeness (QED) is 0.316. The fourth-order valence-electron chi connectivity index (χ4n) is 3.32. The minimum Gasteiger partial charge on any atom is -0.478 e. The molecular weight excluding hydrogens is 418 g/mol. The third kappa shape index (κ3) is 4.82. The summed E-state index contributed by atoms with van der Waals surface area (Å²) in [5.41, 5.74) is 1.68. The Kier molecular flexibility index (Phi) is 6.59. The number of ether oxygens (including phenoxy) is 2. The van der Waals surface area contributed by atoms with Gasteiger partial charge in [0.1, 0.15) is 5.75 Å². The monoisotopic (exact) mass is 441 g/mol. The number of nitrogens with zero attached hydrogens (tertiary/aromatic N) is 3. The van der Waals surface area contributed by atoms with Crippen molar-refractivity contribution < 1.29 is 14.3 Å². The third-order valence-corrected chi connectivity index (χ3v) is 4.94. The zero-order valence-electron chi connectivity index (χ0n) is 18.3. The molecule has 0 spiro atoms. The highest BCUT2D eigenvalue weighted by Gasteiger charge is 2.17. The largest absolute Gasteiger partial charge is 0.478 e. The van der Waals surface area contributed by atoms with Gasteiger partial charge in [0, 0.05) is 11.1 Å². The number of hydrogen-bond donors (Lipinski definition) is 0. The lowest BCUT2D eigenvalue weighted by Gasteiger charge is -2.15. The van der Waals surface area contributed by atoms with Crippen LogP contribution in [0.1, 0.15) is 19.4 Å². The molecule has 4 rings (SSSR count). The second kappa shape index (κ2) is 9.91. The van der Waals surface area contributed by atoms with Gasteiger partial charge in [-0.15, -0.1) is 0 Å². The van der Waals surface area contributed by atoms with E-state index in [-0.39, 0.29) is 12.2 Å². The van der Waals surface area contributed by atoms with E-state index in [9.17, 15) is 9.59 Å². The number of benzene rings is 3. The number of carbonyl (C=O) groups excluding carboxylic acids is 1. The predicted octanol–water partition coefficient (Wildman–Crippen LogP) is 4.28. The van der Waals surface area contributed by atoms with Crippen molar-refractivity contribution >= 4 is 23.1 Å². The second-order valence-electron chi connectivity index (χ2n) is 7.23. The fraction of sp³-hybridized carbons (Fsp3) is 0.154. The Hall–Kier alpha value is -4.26. The van der Waals surface area contributed by atoms with Crippen molar-refractivity contribution in [1.29, 1.82) is 0 Å². The second-order valence-corrected chi connectivity index (χ2v) is 7.23. The van der Waals surface area contributed by atoms with Gasteiger partial charge in [-0.05, 0) is 38.1 Å². The SMILES string of the molecule is CCOC(=O)[C@H](C)Oc1ccccc1C=Nn1c(-c2ccccc2)nc2ccccc2c1=O. The van der Waals surface area contributed by atoms with Gasteiger partial charge in [0.25, 0.3) is 5.56 Å². The number of para-hydroxylation sites is 2. The fourth-order valence-corrected chi connectivity index (χ4v) is 3.32. The van der Waals surface area contributed by atoms with Gasteiger partial charge in [0.05, 0.1) is 23.7 Å². The molecule has 0 aliphatic heterocycles. The molecule has 0 unspecified atom stereocenters. The lowest BCUT2D eigenvalue weighted by Crippen LogP contribution is -2.26. The molecule has 0 aliphatic carbocycles. The molecule has 0 radical (unpaired) electrons. The standard InChI is InChI=1S/C26H23N3O4/c1-3-32-26(31)18(2)33-23-16-10-7-13-20(23)17-27-29-24(19-11-5-4-6-12-19)28-22-15-9-8-14-21(22)25(29)30/h4-18H,3H2,1-2H3/t18-/m0/s1. The van der Waals surface area contributed by atoms with Crippen LogP contribution in [-0.4, -0.2) is 34.6 Å². The maximum absolute atomic E-state index is 13.3. The summed E-state index contributed by atoms with van der Waals surface area (Å²) in [4.78, 5) is 29.9. The van der Waals surface area contributed by atoms with Crippen molar-refractivity contribution in [2.75, 3.05) is 6.61 Å². The van der Waals surface area contributed by atoms with E-state index in [0.29, 0.717) is 28.0 Å². The van der Waals surface area contributed by atoms with Crippen LogP contribution in [0.5, 0.6) is 5.75 Å². The molecule has 1 aromatic heterocycles. The molecule has 3 aromatic carbocycles. The van der Waals surface area contributed by atoms with Gasteiger partial charge >= 0.3 is 5.97 Å². The molecule has 33 heavy (non-hydrogen) atoms. The average Bonchev–Trinajstić information content (AvgIpc) is 2.85. The van der Waals surface area contributed by atoms with Crippen LogP contribution in [0.25, 0.3) is 22.3 Å². The summed E-state index contributed by atoms with van der Waals surface area (Å²) in [6.07, 6.45) is 0.738. The molecule has 0 amide bonds. The normalized spacial score (nSPS) is 12.1. The van der Waals surface area contributed by atoms with Crippen molar-refractivity contribution in [2.45, 2.75) is 20.0 Å². The summed E-state index contributed by atoms with van der Waals surface area (Å²) in [7, 11) is 0. The molecule has 0 saturated carbocycles. The van der Waals surface area contributed by atoms with Crippen molar-refractivity contribution in [1.82, 2.24) is 9.66 Å². The summed E-state index contributed by atoms with van der Waals surface area (Å²) in [5, 5.41) is 4.94. The van der Waals surface area contributed by atoms with Gasteiger partial charge in [0.15, 0.2) is 11.9 Å². The topological polar surface area (TPSA) is 82.8 Å². The van der Waals surface area contributed by atoms with Gasteiger partial charge in [-0.2, -0.15) is 9.78 Å². The Morgan fingerprint density at radius 3 is 2.52 bits per heavy atom.